The fourth-order valence-electron chi connectivity index (χ4n) is 1.04. The smallest absolute Gasteiger partial charge is 0.130 e. The highest BCUT2D eigenvalue weighted by Gasteiger charge is 2.02. The van der Waals surface area contributed by atoms with Gasteiger partial charge in [-0.25, -0.2) is 0 Å². The summed E-state index contributed by atoms with van der Waals surface area (Å²) < 4.78 is 0. The molecule has 0 radical (unpaired) electrons. The number of aromatic hydroxyl groups is 1. The average molecular weight is 184 g/mol. The largest absolute Gasteiger partial charge is 0.507 e. The van der Waals surface area contributed by atoms with Gasteiger partial charge in [0, 0.05) is 5.56 Å². The highest BCUT2D eigenvalue weighted by molar-refractivity contribution is 5.67. The molecule has 0 aliphatic rings. The number of aryl methyl sites for hydroxylation is 1. The van der Waals surface area contributed by atoms with Crippen LogP contribution >= 0.6 is 0 Å². The summed E-state index contributed by atoms with van der Waals surface area (Å²) in [5, 5.41) is 26.6. The molecule has 0 atom stereocenters. The summed E-state index contributed by atoms with van der Waals surface area (Å²) in [7, 11) is 0. The fourth-order valence-corrected chi connectivity index (χ4v) is 1.04. The maximum atomic E-state index is 9.57. The third kappa shape index (κ3) is 1.91. The molecule has 0 aliphatic carbocycles. The zero-order valence-corrected chi connectivity index (χ0v) is 7.65. The molecular weight excluding hydrogens is 176 g/mol. The Labute approximate surface area is 82.1 Å². The maximum Gasteiger partial charge on any atom is 0.130 e. The Morgan fingerprint density at radius 2 is 2.00 bits per heavy atom. The molecule has 0 saturated carbocycles. The molecule has 68 valence electrons. The van der Waals surface area contributed by atoms with Gasteiger partial charge < -0.3 is 5.11 Å². The fraction of sp³-hybridized carbons (Fsp3) is 0.0909. The number of nitriles is 2. The maximum absolute atomic E-state index is 9.57. The molecule has 1 N–H and O–H groups in total. The van der Waals surface area contributed by atoms with Crippen LogP contribution in [0.1, 0.15) is 11.1 Å². The van der Waals surface area contributed by atoms with Gasteiger partial charge in [-0.1, -0.05) is 18.2 Å². The Balaban J connectivity index is 3.24. The molecule has 0 spiro atoms. The minimum Gasteiger partial charge on any atom is -0.507 e. The number of hydrogen-bond donors (Lipinski definition) is 1. The lowest BCUT2D eigenvalue weighted by atomic mass is 10.1. The summed E-state index contributed by atoms with van der Waals surface area (Å²) in [4.78, 5) is 0. The number of allylic oxidation sites excluding steroid dienone is 1. The molecule has 0 heterocycles. The van der Waals surface area contributed by atoms with Crippen LogP contribution in [0.5, 0.6) is 5.75 Å². The summed E-state index contributed by atoms with van der Waals surface area (Å²) >= 11 is 0. The molecule has 1 rings (SSSR count). The summed E-state index contributed by atoms with van der Waals surface area (Å²) in [6.45, 7) is 1.76. The Bertz CT molecular complexity index is 445. The van der Waals surface area contributed by atoms with Crippen molar-refractivity contribution in [1.29, 1.82) is 10.5 Å². The number of phenolic OH excluding ortho intramolecular Hbond substituents is 1. The van der Waals surface area contributed by atoms with Crippen LogP contribution in [-0.4, -0.2) is 5.11 Å². The van der Waals surface area contributed by atoms with Crippen LogP contribution in [0.25, 0.3) is 6.08 Å². The first-order chi connectivity index (χ1) is 6.69. The van der Waals surface area contributed by atoms with Crippen molar-refractivity contribution in [3.63, 3.8) is 0 Å². The summed E-state index contributed by atoms with van der Waals surface area (Å²) in [5.74, 6) is 0.107. The molecule has 0 aromatic heterocycles. The van der Waals surface area contributed by atoms with Gasteiger partial charge in [0.15, 0.2) is 0 Å². The lowest BCUT2D eigenvalue weighted by Crippen LogP contribution is -1.80. The average Bonchev–Trinajstić information content (AvgIpc) is 2.20. The second-order valence-corrected chi connectivity index (χ2v) is 2.79. The lowest BCUT2D eigenvalue weighted by Gasteiger charge is -2.01. The van der Waals surface area contributed by atoms with E-state index in [9.17, 15) is 5.11 Å². The van der Waals surface area contributed by atoms with E-state index in [2.05, 4.69) is 0 Å². The van der Waals surface area contributed by atoms with E-state index in [1.54, 1.807) is 37.3 Å². The third-order valence-corrected chi connectivity index (χ3v) is 1.81. The van der Waals surface area contributed by atoms with E-state index in [1.807, 2.05) is 0 Å². The zero-order chi connectivity index (χ0) is 10.6. The van der Waals surface area contributed by atoms with Gasteiger partial charge in [0.25, 0.3) is 0 Å². The highest BCUT2D eigenvalue weighted by atomic mass is 16.3. The first kappa shape index (κ1) is 9.83. The molecule has 3 heteroatoms. The number of hydrogen-bond acceptors (Lipinski definition) is 3. The topological polar surface area (TPSA) is 67.8 Å². The van der Waals surface area contributed by atoms with Crippen LogP contribution in [0, 0.1) is 29.6 Å². The van der Waals surface area contributed by atoms with Gasteiger partial charge in [0.2, 0.25) is 0 Å². The van der Waals surface area contributed by atoms with E-state index in [4.69, 9.17) is 10.5 Å². The normalized spacial score (nSPS) is 8.50. The van der Waals surface area contributed by atoms with Crippen molar-refractivity contribution in [3.8, 4) is 17.9 Å². The van der Waals surface area contributed by atoms with E-state index in [1.165, 1.54) is 6.08 Å². The van der Waals surface area contributed by atoms with Gasteiger partial charge in [0.05, 0.1) is 0 Å². The Morgan fingerprint density at radius 3 is 2.57 bits per heavy atom. The van der Waals surface area contributed by atoms with Crippen LogP contribution in [0.3, 0.4) is 0 Å². The van der Waals surface area contributed by atoms with Crippen molar-refractivity contribution in [2.45, 2.75) is 6.92 Å². The molecule has 1 aromatic rings. The summed E-state index contributed by atoms with van der Waals surface area (Å²) in [5.41, 5.74) is 1.18. The predicted octanol–water partition coefficient (Wildman–Crippen LogP) is 2.13. The van der Waals surface area contributed by atoms with E-state index in [0.29, 0.717) is 11.1 Å². The van der Waals surface area contributed by atoms with Crippen molar-refractivity contribution in [2.24, 2.45) is 0 Å². The van der Waals surface area contributed by atoms with Gasteiger partial charge in [-0.15, -0.1) is 0 Å². The van der Waals surface area contributed by atoms with E-state index in [-0.39, 0.29) is 11.3 Å². The molecule has 0 saturated heterocycles. The van der Waals surface area contributed by atoms with E-state index in [0.717, 1.165) is 0 Å². The van der Waals surface area contributed by atoms with Crippen molar-refractivity contribution in [3.05, 3.63) is 34.9 Å². The van der Waals surface area contributed by atoms with Crippen LogP contribution < -0.4 is 0 Å². The minimum absolute atomic E-state index is 0.0223. The van der Waals surface area contributed by atoms with Gasteiger partial charge in [0.1, 0.15) is 23.5 Å². The number of benzene rings is 1. The van der Waals surface area contributed by atoms with Gasteiger partial charge in [-0.05, 0) is 18.6 Å². The molecular formula is C11H8N2O. The van der Waals surface area contributed by atoms with E-state index < -0.39 is 0 Å². The van der Waals surface area contributed by atoms with Gasteiger partial charge >= 0.3 is 0 Å². The number of phenols is 1. The lowest BCUT2D eigenvalue weighted by molar-refractivity contribution is 0.470. The van der Waals surface area contributed by atoms with Crippen molar-refractivity contribution in [1.82, 2.24) is 0 Å². The van der Waals surface area contributed by atoms with Crippen molar-refractivity contribution < 1.29 is 5.11 Å². The molecule has 14 heavy (non-hydrogen) atoms. The summed E-state index contributed by atoms with van der Waals surface area (Å²) in [6.07, 6.45) is 1.36. The third-order valence-electron chi connectivity index (χ3n) is 1.81. The Morgan fingerprint density at radius 1 is 1.36 bits per heavy atom. The van der Waals surface area contributed by atoms with E-state index >= 15 is 0 Å². The number of rotatable bonds is 1. The SMILES string of the molecule is Cc1cccc(C=C(C#N)C#N)c1O. The second-order valence-electron chi connectivity index (χ2n) is 2.79. The molecule has 3 nitrogen and oxygen atoms in total. The molecule has 0 bridgehead atoms. The van der Waals surface area contributed by atoms with Crippen LogP contribution in [0.4, 0.5) is 0 Å². The van der Waals surface area contributed by atoms with Crippen LogP contribution in [-0.2, 0) is 0 Å². The molecule has 0 aliphatic heterocycles. The first-order valence-corrected chi connectivity index (χ1v) is 3.99. The molecule has 0 amide bonds. The quantitative estimate of drug-likeness (QED) is 0.680. The number of para-hydroxylation sites is 1. The molecule has 0 unspecified atom stereocenters. The monoisotopic (exact) mass is 184 g/mol. The highest BCUT2D eigenvalue weighted by Crippen LogP contribution is 2.23. The zero-order valence-electron chi connectivity index (χ0n) is 7.65. The van der Waals surface area contributed by atoms with Crippen LogP contribution in [0.15, 0.2) is 23.8 Å². The Kier molecular flexibility index (Phi) is 2.89. The first-order valence-electron chi connectivity index (χ1n) is 3.99. The van der Waals surface area contributed by atoms with Crippen LogP contribution in [0.2, 0.25) is 0 Å². The standard InChI is InChI=1S/C11H8N2O/c1-8-3-2-4-10(11(8)14)5-9(6-12)7-13/h2-5,14H,1H3. The Hall–Kier alpha value is -2.26. The second kappa shape index (κ2) is 4.11. The van der Waals surface area contributed by atoms with Gasteiger partial charge in [-0.2, -0.15) is 10.5 Å². The molecule has 0 fully saturated rings. The van der Waals surface area contributed by atoms with Crippen molar-refractivity contribution >= 4 is 6.08 Å². The minimum atomic E-state index is -0.0223. The predicted molar refractivity (Wildman–Crippen MR) is 52.0 cm³/mol. The number of nitrogens with zero attached hydrogens (tertiary/aromatic N) is 2. The van der Waals surface area contributed by atoms with Crippen molar-refractivity contribution in [2.75, 3.05) is 0 Å². The molecule has 1 aromatic carbocycles. The van der Waals surface area contributed by atoms with Gasteiger partial charge in [-0.3, -0.25) is 0 Å². The summed E-state index contributed by atoms with van der Waals surface area (Å²) in [6, 6.07) is 8.63.